The normalized spacial score (nSPS) is 11.9. The van der Waals surface area contributed by atoms with Crippen molar-refractivity contribution in [2.45, 2.75) is 13.8 Å². The summed E-state index contributed by atoms with van der Waals surface area (Å²) in [4.78, 5) is 12.2. The third-order valence-electron chi connectivity index (χ3n) is 4.86. The number of carbonyl (C=O) groups excluding carboxylic acids is 1. The fourth-order valence-corrected chi connectivity index (χ4v) is 7.53. The Labute approximate surface area is 168 Å². The van der Waals surface area contributed by atoms with Crippen molar-refractivity contribution in [2.24, 2.45) is 0 Å². The standard InChI is InChI=1S/C25H26O2P/c1-3-27-25(26)21(2)19-20-28(22-13-7-4-8-14-22,23-15-9-5-10-16-23)24-17-11-6-12-18-24/h4-19H,3,20H2,1-2H3/q+1. The van der Waals surface area contributed by atoms with Gasteiger partial charge < -0.3 is 4.74 Å². The van der Waals surface area contributed by atoms with E-state index in [9.17, 15) is 4.79 Å². The predicted molar refractivity (Wildman–Crippen MR) is 120 cm³/mol. The summed E-state index contributed by atoms with van der Waals surface area (Å²) in [5.74, 6) is -0.241. The van der Waals surface area contributed by atoms with Crippen molar-refractivity contribution in [3.8, 4) is 0 Å². The Morgan fingerprint density at radius 1 is 0.786 bits per heavy atom. The number of allylic oxidation sites excluding steroid dienone is 1. The van der Waals surface area contributed by atoms with Crippen molar-refractivity contribution in [3.05, 3.63) is 103 Å². The highest BCUT2D eigenvalue weighted by Gasteiger charge is 2.44. The van der Waals surface area contributed by atoms with Crippen LogP contribution in [-0.2, 0) is 9.53 Å². The van der Waals surface area contributed by atoms with Gasteiger partial charge in [0.15, 0.2) is 0 Å². The van der Waals surface area contributed by atoms with Crippen LogP contribution in [0.15, 0.2) is 103 Å². The summed E-state index contributed by atoms with van der Waals surface area (Å²) in [5, 5.41) is 3.92. The van der Waals surface area contributed by atoms with Gasteiger partial charge in [-0.25, -0.2) is 4.79 Å². The van der Waals surface area contributed by atoms with Crippen LogP contribution in [0.25, 0.3) is 0 Å². The molecule has 0 aliphatic carbocycles. The molecule has 0 spiro atoms. The quantitative estimate of drug-likeness (QED) is 0.338. The van der Waals surface area contributed by atoms with Crippen LogP contribution in [0.5, 0.6) is 0 Å². The van der Waals surface area contributed by atoms with Gasteiger partial charge >= 0.3 is 5.97 Å². The molecule has 0 heterocycles. The van der Waals surface area contributed by atoms with Gasteiger partial charge in [0, 0.05) is 5.57 Å². The van der Waals surface area contributed by atoms with Crippen LogP contribution >= 0.6 is 7.26 Å². The first-order chi connectivity index (χ1) is 13.7. The summed E-state index contributed by atoms with van der Waals surface area (Å²) in [7, 11) is -1.95. The molecule has 0 fully saturated rings. The molecule has 0 aromatic heterocycles. The Balaban J connectivity index is 2.20. The highest BCUT2D eigenvalue weighted by Crippen LogP contribution is 2.55. The Bertz CT molecular complexity index is 822. The van der Waals surface area contributed by atoms with E-state index >= 15 is 0 Å². The molecule has 0 amide bonds. The number of hydrogen-bond donors (Lipinski definition) is 0. The SMILES string of the molecule is CCOC(=O)C(C)=CC[P+](c1ccccc1)(c1ccccc1)c1ccccc1. The Hall–Kier alpha value is -2.70. The van der Waals surface area contributed by atoms with E-state index in [-0.39, 0.29) is 5.97 Å². The van der Waals surface area contributed by atoms with E-state index < -0.39 is 7.26 Å². The Morgan fingerprint density at radius 3 is 1.54 bits per heavy atom. The molecule has 3 rings (SSSR count). The number of hydrogen-bond acceptors (Lipinski definition) is 2. The molecular formula is C25H26O2P+. The van der Waals surface area contributed by atoms with Gasteiger partial charge in [0.25, 0.3) is 0 Å². The van der Waals surface area contributed by atoms with Gasteiger partial charge in [-0.2, -0.15) is 0 Å². The monoisotopic (exact) mass is 389 g/mol. The summed E-state index contributed by atoms with van der Waals surface area (Å²) in [6, 6.07) is 32.0. The van der Waals surface area contributed by atoms with E-state index in [2.05, 4.69) is 78.9 Å². The summed E-state index contributed by atoms with van der Waals surface area (Å²) in [5.41, 5.74) is 0.661. The average molecular weight is 389 g/mol. The molecule has 0 radical (unpaired) electrons. The maximum absolute atomic E-state index is 12.2. The fraction of sp³-hybridized carbons (Fsp3) is 0.160. The van der Waals surface area contributed by atoms with Crippen LogP contribution in [0, 0.1) is 0 Å². The molecule has 0 bridgehead atoms. The maximum atomic E-state index is 12.2. The Kier molecular flexibility index (Phi) is 6.79. The smallest absolute Gasteiger partial charge is 0.333 e. The number of esters is 1. The lowest BCUT2D eigenvalue weighted by atomic mass is 10.3. The minimum absolute atomic E-state index is 0.241. The molecule has 3 aromatic carbocycles. The van der Waals surface area contributed by atoms with E-state index in [1.54, 1.807) is 0 Å². The van der Waals surface area contributed by atoms with Crippen molar-refractivity contribution < 1.29 is 9.53 Å². The molecule has 0 aliphatic rings. The average Bonchev–Trinajstić information content (AvgIpc) is 2.76. The molecule has 0 aliphatic heterocycles. The zero-order valence-corrected chi connectivity index (χ0v) is 17.3. The first kappa shape index (κ1) is 20.0. The molecule has 28 heavy (non-hydrogen) atoms. The zero-order chi connectivity index (χ0) is 19.8. The maximum Gasteiger partial charge on any atom is 0.333 e. The van der Waals surface area contributed by atoms with Crippen molar-refractivity contribution >= 4 is 29.1 Å². The lowest BCUT2D eigenvalue weighted by molar-refractivity contribution is -0.138. The van der Waals surface area contributed by atoms with Crippen LogP contribution in [0.1, 0.15) is 13.8 Å². The topological polar surface area (TPSA) is 26.3 Å². The number of carbonyl (C=O) groups is 1. The lowest BCUT2D eigenvalue weighted by Crippen LogP contribution is -2.33. The van der Waals surface area contributed by atoms with Crippen molar-refractivity contribution in [3.63, 3.8) is 0 Å². The lowest BCUT2D eigenvalue weighted by Gasteiger charge is -2.26. The highest BCUT2D eigenvalue weighted by atomic mass is 31.2. The summed E-state index contributed by atoms with van der Waals surface area (Å²) < 4.78 is 5.19. The van der Waals surface area contributed by atoms with E-state index in [4.69, 9.17) is 4.74 Å². The third-order valence-corrected chi connectivity index (χ3v) is 9.13. The van der Waals surface area contributed by atoms with Crippen molar-refractivity contribution in [1.82, 2.24) is 0 Å². The van der Waals surface area contributed by atoms with E-state index in [0.717, 1.165) is 6.16 Å². The molecule has 0 saturated heterocycles. The van der Waals surface area contributed by atoms with Gasteiger partial charge in [0.1, 0.15) is 23.2 Å². The van der Waals surface area contributed by atoms with Gasteiger partial charge in [-0.15, -0.1) is 0 Å². The second kappa shape index (κ2) is 9.48. The molecule has 0 saturated carbocycles. The molecule has 0 N–H and O–H groups in total. The highest BCUT2D eigenvalue weighted by molar-refractivity contribution is 7.95. The largest absolute Gasteiger partial charge is 0.463 e. The second-order valence-corrected chi connectivity index (χ2v) is 10.1. The number of rotatable bonds is 7. The molecule has 0 unspecified atom stereocenters. The third kappa shape index (κ3) is 4.24. The van der Waals surface area contributed by atoms with E-state index in [0.29, 0.717) is 12.2 Å². The van der Waals surface area contributed by atoms with Crippen LogP contribution in [0.2, 0.25) is 0 Å². The van der Waals surface area contributed by atoms with Crippen molar-refractivity contribution in [2.75, 3.05) is 12.8 Å². The molecular weight excluding hydrogens is 363 g/mol. The van der Waals surface area contributed by atoms with Gasteiger partial charge in [-0.3, -0.25) is 0 Å². The molecule has 0 atom stereocenters. The molecule has 2 nitrogen and oxygen atoms in total. The van der Waals surface area contributed by atoms with Crippen LogP contribution in [0.3, 0.4) is 0 Å². The number of ether oxygens (including phenoxy) is 1. The molecule has 3 aromatic rings. The predicted octanol–water partition coefficient (Wildman–Crippen LogP) is 4.49. The number of benzene rings is 3. The van der Waals surface area contributed by atoms with Gasteiger partial charge in [-0.05, 0) is 56.3 Å². The first-order valence-electron chi connectivity index (χ1n) is 9.57. The van der Waals surface area contributed by atoms with Crippen LogP contribution < -0.4 is 15.9 Å². The van der Waals surface area contributed by atoms with Gasteiger partial charge in [0.2, 0.25) is 0 Å². The fourth-order valence-electron chi connectivity index (χ4n) is 3.41. The van der Waals surface area contributed by atoms with E-state index in [1.165, 1.54) is 15.9 Å². The second-order valence-electron chi connectivity index (χ2n) is 6.61. The Morgan fingerprint density at radius 2 is 1.18 bits per heavy atom. The van der Waals surface area contributed by atoms with E-state index in [1.807, 2.05) is 32.0 Å². The minimum atomic E-state index is -1.95. The molecule has 3 heteroatoms. The first-order valence-corrected chi connectivity index (χ1v) is 11.5. The summed E-state index contributed by atoms with van der Waals surface area (Å²) in [6.45, 7) is 4.06. The van der Waals surface area contributed by atoms with Gasteiger partial charge in [0.05, 0.1) is 12.8 Å². The zero-order valence-electron chi connectivity index (χ0n) is 16.4. The van der Waals surface area contributed by atoms with Crippen LogP contribution in [0.4, 0.5) is 0 Å². The summed E-state index contributed by atoms with van der Waals surface area (Å²) in [6.07, 6.45) is 2.83. The van der Waals surface area contributed by atoms with Crippen LogP contribution in [-0.4, -0.2) is 18.7 Å². The van der Waals surface area contributed by atoms with Gasteiger partial charge in [-0.1, -0.05) is 54.6 Å². The molecule has 142 valence electrons. The van der Waals surface area contributed by atoms with Crippen molar-refractivity contribution in [1.29, 1.82) is 0 Å². The minimum Gasteiger partial charge on any atom is -0.463 e. The summed E-state index contributed by atoms with van der Waals surface area (Å²) >= 11 is 0.